The van der Waals surface area contributed by atoms with Crippen molar-refractivity contribution in [1.82, 2.24) is 5.06 Å². The highest BCUT2D eigenvalue weighted by Crippen LogP contribution is 2.53. The standard InChI is InChI=1S/C56H69N3O16S3/c1-8-9-29-57-47(55(4,27-31-72-6)45-35-43(77(66,67)68)33-37(2)52(45)57)23-17-39-14-13-15-40(54(39)74-41-19-21-42(22-20-41)76(63,64)65)18-24-48-56(5,28-32-73-7)46-36-44(78(69,70)71)34-38(3)53(46)58(48)30-12-10-11-16-51(62)75-59-49(60)25-26-50(59)61/h17-24,33-36H,8-16,25-32H2,1-7H3,(H2-,63,64,65,66,67,68,69,70,71). The van der Waals surface area contributed by atoms with Gasteiger partial charge in [0.1, 0.15) is 28.2 Å². The Labute approximate surface area is 457 Å². The van der Waals surface area contributed by atoms with Gasteiger partial charge in [0, 0.05) is 93.7 Å². The summed E-state index contributed by atoms with van der Waals surface area (Å²) >= 11 is 0. The van der Waals surface area contributed by atoms with Crippen molar-refractivity contribution < 1.29 is 76.9 Å². The van der Waals surface area contributed by atoms with Crippen molar-refractivity contribution in [2.24, 2.45) is 0 Å². The Kier molecular flexibility index (Phi) is 18.6. The average Bonchev–Trinajstić information content (AvgIpc) is 3.88. The Balaban J connectivity index is 1.35. The number of hydroxylamine groups is 2. The number of benzene rings is 3. The fourth-order valence-electron chi connectivity index (χ4n) is 11.0. The van der Waals surface area contributed by atoms with Gasteiger partial charge in [0.05, 0.1) is 20.1 Å². The normalized spacial score (nSPS) is 21.0. The van der Waals surface area contributed by atoms with Gasteiger partial charge in [-0.3, -0.25) is 18.7 Å². The van der Waals surface area contributed by atoms with Crippen LogP contribution in [0, 0.1) is 13.8 Å². The van der Waals surface area contributed by atoms with Crippen LogP contribution in [0.5, 0.6) is 5.75 Å². The van der Waals surface area contributed by atoms with E-state index in [0.29, 0.717) is 104 Å². The van der Waals surface area contributed by atoms with Gasteiger partial charge in [-0.1, -0.05) is 25.8 Å². The molecule has 2 N–H and O–H groups in total. The van der Waals surface area contributed by atoms with Crippen LogP contribution in [0.3, 0.4) is 0 Å². The van der Waals surface area contributed by atoms with E-state index in [1.807, 2.05) is 38.2 Å². The summed E-state index contributed by atoms with van der Waals surface area (Å²) in [7, 11) is -10.8. The molecule has 422 valence electrons. The average molecular weight is 1140 g/mol. The molecule has 0 spiro atoms. The van der Waals surface area contributed by atoms with Crippen molar-refractivity contribution in [3.05, 3.63) is 118 Å². The topological polar surface area (TPSA) is 264 Å². The van der Waals surface area contributed by atoms with Crippen LogP contribution in [0.2, 0.25) is 0 Å². The molecule has 4 aliphatic rings. The maximum Gasteiger partial charge on any atom is 0.333 e. The second-order valence-electron chi connectivity index (χ2n) is 20.6. The van der Waals surface area contributed by atoms with Crippen molar-refractivity contribution in [2.45, 2.75) is 144 Å². The summed E-state index contributed by atoms with van der Waals surface area (Å²) in [5.74, 6) is -1.10. The number of anilines is 1. The van der Waals surface area contributed by atoms with Gasteiger partial charge in [-0.25, -0.2) is 13.2 Å². The van der Waals surface area contributed by atoms with E-state index in [0.717, 1.165) is 46.8 Å². The van der Waals surface area contributed by atoms with E-state index in [9.17, 15) is 53.3 Å². The number of allylic oxidation sites excluding steroid dienone is 7. The van der Waals surface area contributed by atoms with Crippen molar-refractivity contribution in [1.29, 1.82) is 0 Å². The number of hydrogen-bond donors (Lipinski definition) is 2. The lowest BCUT2D eigenvalue weighted by molar-refractivity contribution is -0.438. The second-order valence-corrected chi connectivity index (χ2v) is 24.8. The van der Waals surface area contributed by atoms with Crippen LogP contribution in [-0.4, -0.2) is 113 Å². The van der Waals surface area contributed by atoms with Crippen LogP contribution in [0.25, 0.3) is 0 Å². The summed E-state index contributed by atoms with van der Waals surface area (Å²) in [5, 5.41) is 0.525. The molecule has 2 amide bonds. The molecular formula is C56H69N3O16S3. The van der Waals surface area contributed by atoms with Crippen LogP contribution in [0.1, 0.15) is 126 Å². The van der Waals surface area contributed by atoms with Gasteiger partial charge in [0.15, 0.2) is 5.71 Å². The van der Waals surface area contributed by atoms with Crippen LogP contribution >= 0.6 is 0 Å². The monoisotopic (exact) mass is 1140 g/mol. The van der Waals surface area contributed by atoms with E-state index in [2.05, 4.69) is 16.4 Å². The smallest absolute Gasteiger partial charge is 0.333 e. The largest absolute Gasteiger partial charge is 0.744 e. The highest BCUT2D eigenvalue weighted by atomic mass is 32.2. The van der Waals surface area contributed by atoms with Crippen molar-refractivity contribution in [3.63, 3.8) is 0 Å². The van der Waals surface area contributed by atoms with Crippen molar-refractivity contribution in [3.8, 4) is 5.75 Å². The van der Waals surface area contributed by atoms with Gasteiger partial charge in [0.2, 0.25) is 5.69 Å². The number of imide groups is 1. The number of unbranched alkanes of at least 4 members (excludes halogenated alkanes) is 3. The van der Waals surface area contributed by atoms with E-state index in [1.165, 1.54) is 48.5 Å². The fourth-order valence-corrected chi connectivity index (χ4v) is 12.6. The van der Waals surface area contributed by atoms with Crippen molar-refractivity contribution >= 4 is 65.2 Å². The number of carbonyl (C=O) groups is 3. The third kappa shape index (κ3) is 12.9. The first kappa shape index (κ1) is 59.8. The Hall–Kier alpha value is -5.85. The molecule has 78 heavy (non-hydrogen) atoms. The third-order valence-electron chi connectivity index (χ3n) is 15.1. The molecule has 0 saturated carbocycles. The molecule has 1 aliphatic carbocycles. The Morgan fingerprint density at radius 3 is 2.00 bits per heavy atom. The zero-order valence-corrected chi connectivity index (χ0v) is 47.6. The van der Waals surface area contributed by atoms with Crippen LogP contribution in [0.4, 0.5) is 11.4 Å². The summed E-state index contributed by atoms with van der Waals surface area (Å²) in [5.41, 5.74) is 5.57. The van der Waals surface area contributed by atoms with Gasteiger partial charge in [-0.2, -0.15) is 21.4 Å². The predicted octanol–water partition coefficient (Wildman–Crippen LogP) is 8.76. The van der Waals surface area contributed by atoms with Crippen LogP contribution in [-0.2, 0) is 69.9 Å². The minimum absolute atomic E-state index is 0.0200. The SMILES string of the molecule is CCCC[N+]1=C(/C=C/C2=C(Oc3ccc(S(=O)(=O)O)cc3)C(=C/C=C3/N(CCCCCC(=O)ON4C(=O)CCC4=O)c4c(C)cc(S(=O)(=O)O)cc4C3(C)CCOC)/CCC2)C(C)(CCOC)c2cc(S(=O)(=O)[O-])cc(C)c21. The lowest BCUT2D eigenvalue weighted by Gasteiger charge is -2.31. The number of nitrogens with zero attached hydrogens (tertiary/aromatic N) is 3. The van der Waals surface area contributed by atoms with E-state index in [4.69, 9.17) is 19.0 Å². The number of aryl methyl sites for hydroxylation is 2. The van der Waals surface area contributed by atoms with E-state index < -0.39 is 59.0 Å². The summed E-state index contributed by atoms with van der Waals surface area (Å²) in [6.45, 7) is 11.2. The Morgan fingerprint density at radius 2 is 1.38 bits per heavy atom. The Morgan fingerprint density at radius 1 is 0.756 bits per heavy atom. The number of methoxy groups -OCH3 is 2. The molecule has 7 rings (SSSR count). The summed E-state index contributed by atoms with van der Waals surface area (Å²) < 4.78 is 128. The molecule has 0 radical (unpaired) electrons. The number of ether oxygens (including phenoxy) is 3. The first-order valence-electron chi connectivity index (χ1n) is 26.1. The maximum atomic E-state index is 12.7. The van der Waals surface area contributed by atoms with Gasteiger partial charge in [0.25, 0.3) is 32.1 Å². The molecule has 19 nitrogen and oxygen atoms in total. The highest BCUT2D eigenvalue weighted by Gasteiger charge is 2.49. The molecular weight excluding hydrogens is 1070 g/mol. The molecule has 1 fully saturated rings. The lowest BCUT2D eigenvalue weighted by atomic mass is 9.76. The number of carbonyl (C=O) groups excluding carboxylic acids is 3. The van der Waals surface area contributed by atoms with Gasteiger partial charge >= 0.3 is 5.97 Å². The van der Waals surface area contributed by atoms with Gasteiger partial charge in [-0.05, 0) is 156 Å². The molecule has 0 bridgehead atoms. The molecule has 2 atom stereocenters. The zero-order valence-electron chi connectivity index (χ0n) is 45.1. The molecule has 3 aliphatic heterocycles. The zero-order chi connectivity index (χ0) is 57.0. The highest BCUT2D eigenvalue weighted by molar-refractivity contribution is 7.86. The van der Waals surface area contributed by atoms with Gasteiger partial charge < -0.3 is 28.5 Å². The number of fused-ring (bicyclic) bond motifs is 2. The quantitative estimate of drug-likeness (QED) is 0.0367. The Bertz CT molecular complexity index is 3350. The molecule has 1 saturated heterocycles. The molecule has 0 aromatic heterocycles. The third-order valence-corrected chi connectivity index (χ3v) is 17.6. The number of hydrogen-bond acceptors (Lipinski definition) is 15. The van der Waals surface area contributed by atoms with Gasteiger partial charge in [-0.15, -0.1) is 5.06 Å². The first-order valence-corrected chi connectivity index (χ1v) is 30.3. The maximum absolute atomic E-state index is 12.7. The molecule has 3 heterocycles. The minimum atomic E-state index is -4.81. The van der Waals surface area contributed by atoms with Crippen LogP contribution < -0.4 is 9.64 Å². The van der Waals surface area contributed by atoms with Crippen LogP contribution in [0.15, 0.2) is 110 Å². The fraction of sp³-hybridized carbons (Fsp3) is 0.464. The molecule has 22 heteroatoms. The van der Waals surface area contributed by atoms with E-state index >= 15 is 0 Å². The molecule has 3 aromatic rings. The molecule has 2 unspecified atom stereocenters. The number of rotatable bonds is 24. The second kappa shape index (κ2) is 24.3. The first-order chi connectivity index (χ1) is 36.8. The summed E-state index contributed by atoms with van der Waals surface area (Å²) in [6.07, 6.45) is 13.5. The lowest BCUT2D eigenvalue weighted by Crippen LogP contribution is -2.33. The van der Waals surface area contributed by atoms with E-state index in [1.54, 1.807) is 28.1 Å². The number of amides is 2. The predicted molar refractivity (Wildman–Crippen MR) is 289 cm³/mol. The minimum Gasteiger partial charge on any atom is -0.744 e. The molecule has 3 aromatic carbocycles. The summed E-state index contributed by atoms with van der Waals surface area (Å²) in [4.78, 5) is 43.1. The van der Waals surface area contributed by atoms with Crippen molar-refractivity contribution in [2.75, 3.05) is 45.4 Å². The van der Waals surface area contributed by atoms with E-state index in [-0.39, 0.29) is 46.3 Å². The summed E-state index contributed by atoms with van der Waals surface area (Å²) in [6, 6.07) is 11.2.